The van der Waals surface area contributed by atoms with Gasteiger partial charge in [0.25, 0.3) is 0 Å². The highest BCUT2D eigenvalue weighted by molar-refractivity contribution is 4.93. The molecule has 1 aromatic rings. The lowest BCUT2D eigenvalue weighted by molar-refractivity contribution is 0.0138. The summed E-state index contributed by atoms with van der Waals surface area (Å²) in [5.74, 6) is 1.05. The molecule has 1 N–H and O–H groups in total. The monoisotopic (exact) mass is 223 g/mol. The second-order valence-electron chi connectivity index (χ2n) is 5.06. The van der Waals surface area contributed by atoms with Crippen LogP contribution in [0.4, 0.5) is 0 Å². The predicted octanol–water partition coefficient (Wildman–Crippen LogP) is 1.16. The van der Waals surface area contributed by atoms with Crippen molar-refractivity contribution in [1.29, 1.82) is 0 Å². The molecule has 1 aliphatic rings. The Morgan fingerprint density at radius 2 is 2.19 bits per heavy atom. The first-order valence-electron chi connectivity index (χ1n) is 5.96. The van der Waals surface area contributed by atoms with E-state index in [1.165, 1.54) is 0 Å². The maximum Gasteiger partial charge on any atom is 0.122 e. The summed E-state index contributed by atoms with van der Waals surface area (Å²) in [5, 5.41) is 10.3. The van der Waals surface area contributed by atoms with E-state index in [0.29, 0.717) is 0 Å². The zero-order valence-corrected chi connectivity index (χ0v) is 10.2. The first-order chi connectivity index (χ1) is 7.59. The zero-order chi connectivity index (χ0) is 11.6. The molecular weight excluding hydrogens is 202 g/mol. The van der Waals surface area contributed by atoms with Gasteiger partial charge in [-0.2, -0.15) is 0 Å². The number of likely N-dealkylation sites (N-methyl/N-ethyl adjacent to an activating group) is 1. The van der Waals surface area contributed by atoms with Crippen molar-refractivity contribution < 1.29 is 5.11 Å². The summed E-state index contributed by atoms with van der Waals surface area (Å²) in [6, 6.07) is 0. The number of aliphatic hydroxyl groups is 1. The predicted molar refractivity (Wildman–Crippen MR) is 63.0 cm³/mol. The van der Waals surface area contributed by atoms with Gasteiger partial charge in [0, 0.05) is 26.0 Å². The molecule has 1 fully saturated rings. The van der Waals surface area contributed by atoms with E-state index in [4.69, 9.17) is 0 Å². The Morgan fingerprint density at radius 3 is 2.75 bits per heavy atom. The number of rotatable bonds is 4. The van der Waals surface area contributed by atoms with Crippen LogP contribution >= 0.6 is 0 Å². The minimum absolute atomic E-state index is 0.458. The molecule has 2 rings (SSSR count). The molecule has 90 valence electrons. The number of nitrogens with zero attached hydrogens (tertiary/aromatic N) is 3. The van der Waals surface area contributed by atoms with E-state index in [2.05, 4.69) is 9.88 Å². The molecule has 0 bridgehead atoms. The summed E-state index contributed by atoms with van der Waals surface area (Å²) in [6.45, 7) is 1.55. The van der Waals surface area contributed by atoms with Crippen molar-refractivity contribution in [2.75, 3.05) is 13.6 Å². The molecule has 0 aromatic carbocycles. The molecule has 1 aliphatic carbocycles. The number of hydrogen-bond acceptors (Lipinski definition) is 3. The van der Waals surface area contributed by atoms with Gasteiger partial charge in [0.05, 0.1) is 12.1 Å². The van der Waals surface area contributed by atoms with Gasteiger partial charge in [-0.05, 0) is 19.9 Å². The van der Waals surface area contributed by atoms with Crippen molar-refractivity contribution in [3.63, 3.8) is 0 Å². The van der Waals surface area contributed by atoms with Gasteiger partial charge in [0.1, 0.15) is 5.82 Å². The van der Waals surface area contributed by atoms with Gasteiger partial charge >= 0.3 is 0 Å². The van der Waals surface area contributed by atoms with Gasteiger partial charge < -0.3 is 9.67 Å². The third-order valence-corrected chi connectivity index (χ3v) is 3.43. The van der Waals surface area contributed by atoms with E-state index >= 15 is 0 Å². The minimum Gasteiger partial charge on any atom is -0.389 e. The maximum absolute atomic E-state index is 10.3. The molecule has 1 saturated carbocycles. The average molecular weight is 223 g/mol. The number of aryl methyl sites for hydroxylation is 1. The Morgan fingerprint density at radius 1 is 1.50 bits per heavy atom. The van der Waals surface area contributed by atoms with Crippen LogP contribution < -0.4 is 0 Å². The van der Waals surface area contributed by atoms with Crippen molar-refractivity contribution in [1.82, 2.24) is 14.5 Å². The Bertz CT molecular complexity index is 342. The Kier molecular flexibility index (Phi) is 3.30. The van der Waals surface area contributed by atoms with Gasteiger partial charge in [0.15, 0.2) is 0 Å². The van der Waals surface area contributed by atoms with Gasteiger partial charge in [0.2, 0.25) is 0 Å². The molecule has 1 aromatic heterocycles. The summed E-state index contributed by atoms with van der Waals surface area (Å²) >= 11 is 0. The fourth-order valence-electron chi connectivity index (χ4n) is 2.54. The minimum atomic E-state index is -0.458. The molecular formula is C12H21N3O. The molecule has 0 unspecified atom stereocenters. The van der Waals surface area contributed by atoms with E-state index < -0.39 is 5.60 Å². The summed E-state index contributed by atoms with van der Waals surface area (Å²) in [6.07, 6.45) is 7.97. The van der Waals surface area contributed by atoms with E-state index in [0.717, 1.165) is 44.6 Å². The lowest BCUT2D eigenvalue weighted by Gasteiger charge is -2.28. The van der Waals surface area contributed by atoms with Crippen LogP contribution in [0.25, 0.3) is 0 Å². The van der Waals surface area contributed by atoms with Crippen LogP contribution in [-0.4, -0.2) is 38.8 Å². The molecule has 0 atom stereocenters. The third-order valence-electron chi connectivity index (χ3n) is 3.43. The van der Waals surface area contributed by atoms with Crippen LogP contribution in [0.1, 0.15) is 31.5 Å². The fourth-order valence-corrected chi connectivity index (χ4v) is 2.54. The molecule has 1 heterocycles. The van der Waals surface area contributed by atoms with Crippen molar-refractivity contribution in [3.8, 4) is 0 Å². The summed E-state index contributed by atoms with van der Waals surface area (Å²) < 4.78 is 2.02. The highest BCUT2D eigenvalue weighted by atomic mass is 16.3. The van der Waals surface area contributed by atoms with Crippen molar-refractivity contribution in [2.45, 2.75) is 37.8 Å². The standard InChI is InChI=1S/C12H21N3O/c1-14(9-11-13-7-8-15(11)2)10-12(16)5-3-4-6-12/h7-8,16H,3-6,9-10H2,1-2H3. The van der Waals surface area contributed by atoms with Crippen molar-refractivity contribution in [2.24, 2.45) is 7.05 Å². The van der Waals surface area contributed by atoms with E-state index in [9.17, 15) is 5.11 Å². The third kappa shape index (κ3) is 2.62. The van der Waals surface area contributed by atoms with Gasteiger partial charge in [-0.3, -0.25) is 4.90 Å². The topological polar surface area (TPSA) is 41.3 Å². The molecule has 0 amide bonds. The van der Waals surface area contributed by atoms with Crippen LogP contribution in [0, 0.1) is 0 Å². The van der Waals surface area contributed by atoms with Crippen molar-refractivity contribution in [3.05, 3.63) is 18.2 Å². The van der Waals surface area contributed by atoms with Crippen LogP contribution in [-0.2, 0) is 13.6 Å². The molecule has 0 spiro atoms. The van der Waals surface area contributed by atoms with E-state index in [1.807, 2.05) is 31.1 Å². The van der Waals surface area contributed by atoms with E-state index in [1.54, 1.807) is 0 Å². The number of hydrogen-bond donors (Lipinski definition) is 1. The molecule has 0 aliphatic heterocycles. The lowest BCUT2D eigenvalue weighted by atomic mass is 10.0. The molecule has 4 nitrogen and oxygen atoms in total. The Balaban J connectivity index is 1.89. The summed E-state index contributed by atoms with van der Waals surface area (Å²) in [7, 11) is 4.05. The SMILES string of the molecule is CN(Cc1nccn1C)CC1(O)CCCC1. The smallest absolute Gasteiger partial charge is 0.122 e. The zero-order valence-electron chi connectivity index (χ0n) is 10.2. The first kappa shape index (κ1) is 11.6. The van der Waals surface area contributed by atoms with E-state index in [-0.39, 0.29) is 0 Å². The second kappa shape index (κ2) is 4.55. The maximum atomic E-state index is 10.3. The van der Waals surface area contributed by atoms with Gasteiger partial charge in [-0.1, -0.05) is 12.8 Å². The quantitative estimate of drug-likeness (QED) is 0.832. The molecule has 4 heteroatoms. The highest BCUT2D eigenvalue weighted by Crippen LogP contribution is 2.30. The van der Waals surface area contributed by atoms with Gasteiger partial charge in [-0.15, -0.1) is 0 Å². The van der Waals surface area contributed by atoms with Crippen molar-refractivity contribution >= 4 is 0 Å². The Hall–Kier alpha value is -0.870. The van der Waals surface area contributed by atoms with Crippen LogP contribution in [0.2, 0.25) is 0 Å². The number of imidazole rings is 1. The molecule has 0 saturated heterocycles. The number of aromatic nitrogens is 2. The lowest BCUT2D eigenvalue weighted by Crippen LogP contribution is -2.39. The Labute approximate surface area is 96.9 Å². The molecule has 0 radical (unpaired) electrons. The van der Waals surface area contributed by atoms with Crippen LogP contribution in [0.3, 0.4) is 0 Å². The molecule has 16 heavy (non-hydrogen) atoms. The summed E-state index contributed by atoms with van der Waals surface area (Å²) in [5.41, 5.74) is -0.458. The summed E-state index contributed by atoms with van der Waals surface area (Å²) in [4.78, 5) is 6.45. The van der Waals surface area contributed by atoms with Crippen LogP contribution in [0.15, 0.2) is 12.4 Å². The van der Waals surface area contributed by atoms with Crippen LogP contribution in [0.5, 0.6) is 0 Å². The van der Waals surface area contributed by atoms with Gasteiger partial charge in [-0.25, -0.2) is 4.98 Å². The second-order valence-corrected chi connectivity index (χ2v) is 5.06. The highest BCUT2D eigenvalue weighted by Gasteiger charge is 2.32. The normalized spacial score (nSPS) is 19.5. The largest absolute Gasteiger partial charge is 0.389 e. The first-order valence-corrected chi connectivity index (χ1v) is 5.96. The average Bonchev–Trinajstić information content (AvgIpc) is 2.77. The fraction of sp³-hybridized carbons (Fsp3) is 0.750.